The van der Waals surface area contributed by atoms with Crippen LogP contribution in [0.25, 0.3) is 0 Å². The molecule has 0 N–H and O–H groups in total. The van der Waals surface area contributed by atoms with Crippen LogP contribution in [0.15, 0.2) is 11.1 Å². The summed E-state index contributed by atoms with van der Waals surface area (Å²) in [4.78, 5) is 0. The maximum Gasteiger partial charge on any atom is 0.171 e. The van der Waals surface area contributed by atoms with Crippen molar-refractivity contribution in [2.75, 3.05) is 13.2 Å². The van der Waals surface area contributed by atoms with Gasteiger partial charge in [0.1, 0.15) is 0 Å². The van der Waals surface area contributed by atoms with Crippen LogP contribution in [0.1, 0.15) is 48.0 Å². The highest BCUT2D eigenvalue weighted by Crippen LogP contribution is 2.56. The van der Waals surface area contributed by atoms with Crippen molar-refractivity contribution in [3.63, 3.8) is 0 Å². The first-order valence-electron chi connectivity index (χ1n) is 6.77. The van der Waals surface area contributed by atoms with Gasteiger partial charge < -0.3 is 9.47 Å². The average molecular weight is 238 g/mol. The number of allylic oxidation sites excluding steroid dienone is 2. The highest BCUT2D eigenvalue weighted by Gasteiger charge is 2.56. The van der Waals surface area contributed by atoms with Gasteiger partial charge in [0.25, 0.3) is 0 Å². The summed E-state index contributed by atoms with van der Waals surface area (Å²) in [5.74, 6) is 0.673. The Morgan fingerprint density at radius 2 is 1.59 bits per heavy atom. The maximum absolute atomic E-state index is 5.96. The summed E-state index contributed by atoms with van der Waals surface area (Å²) in [5.41, 5.74) is 3.13. The second kappa shape index (κ2) is 4.10. The van der Waals surface area contributed by atoms with Gasteiger partial charge in [-0.3, -0.25) is 0 Å². The lowest BCUT2D eigenvalue weighted by Crippen LogP contribution is -2.54. The molecule has 0 aromatic carbocycles. The molecule has 98 valence electrons. The lowest BCUT2D eigenvalue weighted by Gasteiger charge is -2.53. The molecule has 2 heteroatoms. The van der Waals surface area contributed by atoms with E-state index in [2.05, 4.69) is 41.5 Å². The van der Waals surface area contributed by atoms with Crippen LogP contribution in [0.4, 0.5) is 0 Å². The lowest BCUT2D eigenvalue weighted by molar-refractivity contribution is -0.249. The van der Waals surface area contributed by atoms with Crippen LogP contribution in [0.5, 0.6) is 0 Å². The summed E-state index contributed by atoms with van der Waals surface area (Å²) >= 11 is 0. The molecule has 0 saturated carbocycles. The van der Waals surface area contributed by atoms with Gasteiger partial charge in [0, 0.05) is 5.41 Å². The molecule has 2 nitrogen and oxygen atoms in total. The molecule has 0 radical (unpaired) electrons. The molecule has 0 amide bonds. The molecule has 0 aromatic rings. The van der Waals surface area contributed by atoms with Gasteiger partial charge in [-0.05, 0) is 39.0 Å². The van der Waals surface area contributed by atoms with Crippen LogP contribution in [0.3, 0.4) is 0 Å². The van der Waals surface area contributed by atoms with E-state index >= 15 is 0 Å². The standard InChI is InChI=1S/C15H26O2/c1-10-9-11(2)14(5,13(4)12(10)3)15(6)16-7-8-17-15/h11,13H,7-9H2,1-6H3/t11-,13?,14+/m1/s1. The van der Waals surface area contributed by atoms with Crippen molar-refractivity contribution >= 4 is 0 Å². The van der Waals surface area contributed by atoms with Crippen molar-refractivity contribution in [2.24, 2.45) is 17.3 Å². The Balaban J connectivity index is 2.42. The van der Waals surface area contributed by atoms with Crippen LogP contribution in [-0.4, -0.2) is 19.0 Å². The van der Waals surface area contributed by atoms with Crippen LogP contribution < -0.4 is 0 Å². The largest absolute Gasteiger partial charge is 0.347 e. The monoisotopic (exact) mass is 238 g/mol. The van der Waals surface area contributed by atoms with Crippen LogP contribution >= 0.6 is 0 Å². The van der Waals surface area contributed by atoms with Crippen molar-refractivity contribution in [3.8, 4) is 0 Å². The number of rotatable bonds is 1. The van der Waals surface area contributed by atoms with E-state index in [-0.39, 0.29) is 5.41 Å². The Morgan fingerprint density at radius 3 is 2.12 bits per heavy atom. The first-order chi connectivity index (χ1) is 7.83. The summed E-state index contributed by atoms with van der Waals surface area (Å²) in [6, 6.07) is 0. The molecule has 1 heterocycles. The molecule has 1 saturated heterocycles. The molecule has 1 aliphatic heterocycles. The van der Waals surface area contributed by atoms with Gasteiger partial charge in [-0.2, -0.15) is 0 Å². The van der Waals surface area contributed by atoms with Gasteiger partial charge in [0.2, 0.25) is 0 Å². The second-order valence-electron chi connectivity index (χ2n) is 6.22. The zero-order valence-corrected chi connectivity index (χ0v) is 12.1. The fourth-order valence-corrected chi connectivity index (χ4v) is 3.74. The molecular formula is C15H26O2. The molecule has 17 heavy (non-hydrogen) atoms. The summed E-state index contributed by atoms with van der Waals surface area (Å²) < 4.78 is 11.9. The topological polar surface area (TPSA) is 18.5 Å². The average Bonchev–Trinajstić information content (AvgIpc) is 2.72. The van der Waals surface area contributed by atoms with Gasteiger partial charge in [-0.25, -0.2) is 0 Å². The van der Waals surface area contributed by atoms with Crippen LogP contribution in [0.2, 0.25) is 0 Å². The third-order valence-corrected chi connectivity index (χ3v) is 5.68. The van der Waals surface area contributed by atoms with E-state index in [1.165, 1.54) is 5.57 Å². The van der Waals surface area contributed by atoms with E-state index in [1.54, 1.807) is 5.57 Å². The smallest absolute Gasteiger partial charge is 0.171 e. The van der Waals surface area contributed by atoms with Gasteiger partial charge in [-0.15, -0.1) is 0 Å². The number of hydrogen-bond acceptors (Lipinski definition) is 2. The predicted molar refractivity (Wildman–Crippen MR) is 69.7 cm³/mol. The lowest BCUT2D eigenvalue weighted by atomic mass is 9.57. The molecule has 0 bridgehead atoms. The van der Waals surface area contributed by atoms with E-state index < -0.39 is 5.79 Å². The van der Waals surface area contributed by atoms with Crippen LogP contribution in [-0.2, 0) is 9.47 Å². The third kappa shape index (κ3) is 1.68. The Labute approximate surface area is 105 Å². The highest BCUT2D eigenvalue weighted by molar-refractivity contribution is 5.23. The second-order valence-corrected chi connectivity index (χ2v) is 6.22. The molecule has 1 fully saturated rings. The van der Waals surface area contributed by atoms with Gasteiger partial charge in [0.15, 0.2) is 5.79 Å². The van der Waals surface area contributed by atoms with Crippen molar-refractivity contribution < 1.29 is 9.47 Å². The first kappa shape index (κ1) is 13.1. The SMILES string of the molecule is CC1=C(C)C(C)[C@@](C)(C2(C)OCCO2)[C@H](C)C1. The van der Waals surface area contributed by atoms with E-state index in [1.807, 2.05) is 0 Å². The van der Waals surface area contributed by atoms with Crippen LogP contribution in [0, 0.1) is 17.3 Å². The summed E-state index contributed by atoms with van der Waals surface area (Å²) in [7, 11) is 0. The zero-order valence-electron chi connectivity index (χ0n) is 12.1. The van der Waals surface area contributed by atoms with Gasteiger partial charge in [0.05, 0.1) is 13.2 Å². The van der Waals surface area contributed by atoms with E-state index in [9.17, 15) is 0 Å². The van der Waals surface area contributed by atoms with E-state index in [0.717, 1.165) is 19.6 Å². The Bertz CT molecular complexity index is 339. The van der Waals surface area contributed by atoms with Crippen molar-refractivity contribution in [1.29, 1.82) is 0 Å². The molecule has 0 spiro atoms. The normalized spacial score (nSPS) is 42.0. The summed E-state index contributed by atoms with van der Waals surface area (Å²) in [6.07, 6.45) is 1.16. The molecular weight excluding hydrogens is 212 g/mol. The van der Waals surface area contributed by atoms with Gasteiger partial charge in [-0.1, -0.05) is 31.9 Å². The molecule has 2 rings (SSSR count). The fraction of sp³-hybridized carbons (Fsp3) is 0.867. The Kier molecular flexibility index (Phi) is 3.16. The molecule has 0 aromatic heterocycles. The van der Waals surface area contributed by atoms with Crippen molar-refractivity contribution in [2.45, 2.75) is 53.8 Å². The van der Waals surface area contributed by atoms with E-state index in [0.29, 0.717) is 11.8 Å². The van der Waals surface area contributed by atoms with Crippen molar-refractivity contribution in [3.05, 3.63) is 11.1 Å². The minimum Gasteiger partial charge on any atom is -0.347 e. The molecule has 3 atom stereocenters. The quantitative estimate of drug-likeness (QED) is 0.647. The number of hydrogen-bond donors (Lipinski definition) is 0. The fourth-order valence-electron chi connectivity index (χ4n) is 3.74. The van der Waals surface area contributed by atoms with E-state index in [4.69, 9.17) is 9.47 Å². The molecule has 1 unspecified atom stereocenters. The summed E-state index contributed by atoms with van der Waals surface area (Å²) in [5, 5.41) is 0. The highest BCUT2D eigenvalue weighted by atomic mass is 16.7. The Morgan fingerprint density at radius 1 is 1.06 bits per heavy atom. The summed E-state index contributed by atoms with van der Waals surface area (Å²) in [6.45, 7) is 15.1. The maximum atomic E-state index is 5.96. The minimum atomic E-state index is -0.423. The first-order valence-corrected chi connectivity index (χ1v) is 6.77. The van der Waals surface area contributed by atoms with Gasteiger partial charge >= 0.3 is 0 Å². The Hall–Kier alpha value is -0.340. The molecule has 2 aliphatic rings. The molecule has 1 aliphatic carbocycles. The third-order valence-electron chi connectivity index (χ3n) is 5.68. The zero-order chi connectivity index (χ0) is 12.8. The number of ether oxygens (including phenoxy) is 2. The predicted octanol–water partition coefficient (Wildman–Crippen LogP) is 3.77. The van der Waals surface area contributed by atoms with Crippen molar-refractivity contribution in [1.82, 2.24) is 0 Å². The minimum absolute atomic E-state index is 0.0626.